The lowest BCUT2D eigenvalue weighted by Gasteiger charge is -2.14. The monoisotopic (exact) mass is 307 g/mol. The zero-order valence-corrected chi connectivity index (χ0v) is 12.3. The summed E-state index contributed by atoms with van der Waals surface area (Å²) in [5, 5.41) is 0.494. The van der Waals surface area contributed by atoms with Gasteiger partial charge in [0.25, 0.3) is 0 Å². The van der Waals surface area contributed by atoms with Crippen LogP contribution in [0.25, 0.3) is 0 Å². The number of hydrogen-bond donors (Lipinski definition) is 1. The van der Waals surface area contributed by atoms with Gasteiger partial charge in [-0.1, -0.05) is 23.7 Å². The molecule has 0 aliphatic rings. The number of nitrogens with zero attached hydrogens (tertiary/aromatic N) is 2. The van der Waals surface area contributed by atoms with E-state index in [0.29, 0.717) is 10.6 Å². The van der Waals surface area contributed by atoms with Gasteiger partial charge in [0, 0.05) is 5.02 Å². The Morgan fingerprint density at radius 3 is 2.29 bits per heavy atom. The number of nitrogens with two attached hydrogens (primary N) is 1. The molecular formula is C14H14ClN3O3. The first-order chi connectivity index (χ1) is 10.0. The fourth-order valence-electron chi connectivity index (χ4n) is 1.89. The van der Waals surface area contributed by atoms with Crippen molar-refractivity contribution < 1.29 is 14.3 Å². The summed E-state index contributed by atoms with van der Waals surface area (Å²) in [7, 11) is 2.93. The molecule has 0 radical (unpaired) electrons. The molecule has 110 valence electrons. The first-order valence-electron chi connectivity index (χ1n) is 6.07. The molecule has 0 aliphatic heterocycles. The van der Waals surface area contributed by atoms with Crippen LogP contribution >= 0.6 is 11.6 Å². The van der Waals surface area contributed by atoms with E-state index in [1.54, 1.807) is 24.3 Å². The number of benzene rings is 1. The number of methoxy groups -OCH3 is 2. The van der Waals surface area contributed by atoms with Crippen LogP contribution in [0.2, 0.25) is 5.02 Å². The summed E-state index contributed by atoms with van der Waals surface area (Å²) in [6.45, 7) is 0. The Balaban J connectivity index is 2.55. The van der Waals surface area contributed by atoms with E-state index in [-0.39, 0.29) is 17.6 Å². The van der Waals surface area contributed by atoms with Crippen molar-refractivity contribution in [2.24, 2.45) is 5.73 Å². The highest BCUT2D eigenvalue weighted by molar-refractivity contribution is 6.30. The van der Waals surface area contributed by atoms with Crippen LogP contribution < -0.4 is 15.2 Å². The number of primary amides is 1. The van der Waals surface area contributed by atoms with Gasteiger partial charge in [0.1, 0.15) is 5.92 Å². The van der Waals surface area contributed by atoms with Gasteiger partial charge in [-0.3, -0.25) is 4.79 Å². The van der Waals surface area contributed by atoms with Gasteiger partial charge in [-0.2, -0.15) is 9.97 Å². The average Bonchev–Trinajstić information content (AvgIpc) is 2.46. The molecule has 21 heavy (non-hydrogen) atoms. The predicted octanol–water partition coefficient (Wildman–Crippen LogP) is 1.76. The topological polar surface area (TPSA) is 87.3 Å². The van der Waals surface area contributed by atoms with E-state index >= 15 is 0 Å². The third kappa shape index (κ3) is 3.41. The molecule has 0 aliphatic carbocycles. The standard InChI is InChI=1S/C14H14ClN3O3/c1-20-10-7-11(21-2)18-14(17-10)12(13(16)19)8-4-3-5-9(15)6-8/h3-7,12H,1-2H3,(H2,16,19). The Morgan fingerprint density at radius 1 is 1.19 bits per heavy atom. The number of amides is 1. The molecule has 0 saturated carbocycles. The SMILES string of the molecule is COc1cc(OC)nc(C(C(N)=O)c2cccc(Cl)c2)n1. The van der Waals surface area contributed by atoms with E-state index in [0.717, 1.165) is 0 Å². The Hall–Kier alpha value is -2.34. The van der Waals surface area contributed by atoms with Gasteiger partial charge >= 0.3 is 0 Å². The van der Waals surface area contributed by atoms with Crippen molar-refractivity contribution in [3.63, 3.8) is 0 Å². The molecule has 7 heteroatoms. The van der Waals surface area contributed by atoms with Gasteiger partial charge in [0.05, 0.1) is 20.3 Å². The lowest BCUT2D eigenvalue weighted by molar-refractivity contribution is -0.118. The molecule has 2 rings (SSSR count). The molecule has 1 heterocycles. The molecule has 1 unspecified atom stereocenters. The lowest BCUT2D eigenvalue weighted by Crippen LogP contribution is -2.24. The first-order valence-corrected chi connectivity index (χ1v) is 6.44. The van der Waals surface area contributed by atoms with Gasteiger partial charge in [-0.05, 0) is 17.7 Å². The van der Waals surface area contributed by atoms with Crippen molar-refractivity contribution >= 4 is 17.5 Å². The normalized spacial score (nSPS) is 11.8. The molecule has 2 aromatic rings. The van der Waals surface area contributed by atoms with E-state index in [9.17, 15) is 4.79 Å². The highest BCUT2D eigenvalue weighted by atomic mass is 35.5. The van der Waals surface area contributed by atoms with Crippen molar-refractivity contribution in [3.8, 4) is 11.8 Å². The van der Waals surface area contributed by atoms with E-state index in [4.69, 9.17) is 26.8 Å². The van der Waals surface area contributed by atoms with Crippen molar-refractivity contribution in [1.29, 1.82) is 0 Å². The molecule has 1 amide bonds. The fourth-order valence-corrected chi connectivity index (χ4v) is 2.08. The van der Waals surface area contributed by atoms with Crippen LogP contribution in [0.4, 0.5) is 0 Å². The number of carbonyl (C=O) groups is 1. The summed E-state index contributed by atoms with van der Waals surface area (Å²) in [4.78, 5) is 20.2. The second-order valence-corrected chi connectivity index (χ2v) is 4.64. The number of hydrogen-bond acceptors (Lipinski definition) is 5. The van der Waals surface area contributed by atoms with Crippen molar-refractivity contribution in [2.75, 3.05) is 14.2 Å². The average molecular weight is 308 g/mol. The second-order valence-electron chi connectivity index (χ2n) is 4.20. The maximum Gasteiger partial charge on any atom is 0.232 e. The van der Waals surface area contributed by atoms with Crippen LogP contribution in [-0.2, 0) is 4.79 Å². The van der Waals surface area contributed by atoms with E-state index < -0.39 is 11.8 Å². The van der Waals surface area contributed by atoms with Crippen LogP contribution in [0.5, 0.6) is 11.8 Å². The van der Waals surface area contributed by atoms with Gasteiger partial charge < -0.3 is 15.2 Å². The molecule has 0 spiro atoms. The zero-order chi connectivity index (χ0) is 15.4. The van der Waals surface area contributed by atoms with E-state index in [1.165, 1.54) is 20.3 Å². The molecule has 1 aromatic heterocycles. The summed E-state index contributed by atoms with van der Waals surface area (Å²) in [6, 6.07) is 8.32. The zero-order valence-electron chi connectivity index (χ0n) is 11.5. The third-order valence-electron chi connectivity index (χ3n) is 2.84. The van der Waals surface area contributed by atoms with Gasteiger partial charge in [0.2, 0.25) is 17.7 Å². The number of halogens is 1. The maximum atomic E-state index is 11.8. The highest BCUT2D eigenvalue weighted by Gasteiger charge is 2.25. The number of carbonyl (C=O) groups excluding carboxylic acids is 1. The Bertz CT molecular complexity index is 641. The predicted molar refractivity (Wildman–Crippen MR) is 77.6 cm³/mol. The Morgan fingerprint density at radius 2 is 1.81 bits per heavy atom. The fraction of sp³-hybridized carbons (Fsp3) is 0.214. The Kier molecular flexibility index (Phi) is 4.59. The lowest BCUT2D eigenvalue weighted by atomic mass is 9.97. The van der Waals surface area contributed by atoms with Crippen molar-refractivity contribution in [3.05, 3.63) is 46.7 Å². The summed E-state index contributed by atoms with van der Waals surface area (Å²) < 4.78 is 10.2. The largest absolute Gasteiger partial charge is 0.481 e. The number of rotatable bonds is 5. The minimum absolute atomic E-state index is 0.195. The third-order valence-corrected chi connectivity index (χ3v) is 3.07. The molecule has 0 fully saturated rings. The van der Waals surface area contributed by atoms with Crippen molar-refractivity contribution in [1.82, 2.24) is 9.97 Å². The summed E-state index contributed by atoms with van der Waals surface area (Å²) in [5.74, 6) is -0.670. The molecule has 1 atom stereocenters. The quantitative estimate of drug-likeness (QED) is 0.909. The smallest absolute Gasteiger partial charge is 0.232 e. The molecule has 1 aromatic carbocycles. The minimum Gasteiger partial charge on any atom is -0.481 e. The summed E-state index contributed by atoms with van der Waals surface area (Å²) >= 11 is 5.96. The van der Waals surface area contributed by atoms with Crippen LogP contribution in [0, 0.1) is 0 Å². The van der Waals surface area contributed by atoms with Crippen LogP contribution in [-0.4, -0.2) is 30.1 Å². The van der Waals surface area contributed by atoms with Crippen molar-refractivity contribution in [2.45, 2.75) is 5.92 Å². The highest BCUT2D eigenvalue weighted by Crippen LogP contribution is 2.27. The number of ether oxygens (including phenoxy) is 2. The van der Waals surface area contributed by atoms with E-state index in [2.05, 4.69) is 9.97 Å². The maximum absolute atomic E-state index is 11.8. The molecular weight excluding hydrogens is 294 g/mol. The van der Waals surface area contributed by atoms with Crippen LogP contribution in [0.15, 0.2) is 30.3 Å². The van der Waals surface area contributed by atoms with Crippen LogP contribution in [0.3, 0.4) is 0 Å². The van der Waals surface area contributed by atoms with Gasteiger partial charge in [-0.15, -0.1) is 0 Å². The summed E-state index contributed by atoms with van der Waals surface area (Å²) in [5.41, 5.74) is 6.09. The number of aromatic nitrogens is 2. The minimum atomic E-state index is -0.840. The van der Waals surface area contributed by atoms with E-state index in [1.807, 2.05) is 0 Å². The molecule has 0 bridgehead atoms. The second kappa shape index (κ2) is 6.41. The van der Waals surface area contributed by atoms with Crippen LogP contribution in [0.1, 0.15) is 17.3 Å². The van der Waals surface area contributed by atoms with Gasteiger partial charge in [-0.25, -0.2) is 0 Å². The molecule has 2 N–H and O–H groups in total. The molecule has 0 saturated heterocycles. The Labute approximate surface area is 126 Å². The molecule has 6 nitrogen and oxygen atoms in total. The summed E-state index contributed by atoms with van der Waals surface area (Å²) in [6.07, 6.45) is 0. The first kappa shape index (κ1) is 15.1. The van der Waals surface area contributed by atoms with Gasteiger partial charge in [0.15, 0.2) is 5.82 Å².